The Morgan fingerprint density at radius 2 is 2.21 bits per heavy atom. The number of aliphatic hydroxyl groups excluding tert-OH is 1. The predicted molar refractivity (Wildman–Crippen MR) is 109 cm³/mol. The van der Waals surface area contributed by atoms with Gasteiger partial charge in [0.05, 0.1) is 22.8 Å². The van der Waals surface area contributed by atoms with E-state index in [1.807, 2.05) is 30.6 Å². The highest BCUT2D eigenvalue weighted by molar-refractivity contribution is 9.10. The minimum absolute atomic E-state index is 0.101. The third-order valence-electron chi connectivity index (χ3n) is 5.21. The van der Waals surface area contributed by atoms with Gasteiger partial charge < -0.3 is 15.7 Å². The second kappa shape index (κ2) is 7.92. The minimum atomic E-state index is -0.293. The van der Waals surface area contributed by atoms with Crippen LogP contribution in [0.4, 0.5) is 11.6 Å². The molecule has 0 unspecified atom stereocenters. The van der Waals surface area contributed by atoms with Crippen molar-refractivity contribution in [2.45, 2.75) is 37.8 Å². The molecule has 0 radical (unpaired) electrons. The summed E-state index contributed by atoms with van der Waals surface area (Å²) in [5, 5.41) is 21.3. The molecule has 3 aromatic heterocycles. The fraction of sp³-hybridized carbons (Fsp3) is 0.421. The minimum Gasteiger partial charge on any atom is -0.394 e. The zero-order valence-corrected chi connectivity index (χ0v) is 17.3. The number of nitrogens with one attached hydrogen (secondary N) is 2. The zero-order valence-electron chi connectivity index (χ0n) is 15.7. The number of hydrogen-bond acceptors (Lipinski definition) is 6. The molecule has 0 atom stereocenters. The van der Waals surface area contributed by atoms with Gasteiger partial charge in [0, 0.05) is 29.0 Å². The average molecular weight is 448 g/mol. The Balaban J connectivity index is 1.63. The maximum atomic E-state index is 9.93. The molecule has 9 heteroatoms. The molecule has 0 saturated heterocycles. The summed E-state index contributed by atoms with van der Waals surface area (Å²) >= 11 is 3.52. The maximum Gasteiger partial charge on any atom is 0.227 e. The molecule has 0 bridgehead atoms. The van der Waals surface area contributed by atoms with E-state index >= 15 is 0 Å². The van der Waals surface area contributed by atoms with Gasteiger partial charge in [0.2, 0.25) is 12.4 Å². The van der Waals surface area contributed by atoms with Crippen molar-refractivity contribution in [3.63, 3.8) is 0 Å². The monoisotopic (exact) mass is 447 g/mol. The second-order valence-corrected chi connectivity index (χ2v) is 7.99. The lowest BCUT2D eigenvalue weighted by Gasteiger charge is -2.28. The van der Waals surface area contributed by atoms with Gasteiger partial charge in [-0.1, -0.05) is 12.8 Å². The first-order valence-electron chi connectivity index (χ1n) is 9.34. The van der Waals surface area contributed by atoms with Gasteiger partial charge in [-0.25, -0.2) is 4.98 Å². The van der Waals surface area contributed by atoms with Crippen molar-refractivity contribution >= 4 is 33.2 Å². The molecule has 3 N–H and O–H groups in total. The lowest BCUT2D eigenvalue weighted by molar-refractivity contribution is -0.885. The first-order chi connectivity index (χ1) is 13.6. The first-order valence-corrected chi connectivity index (χ1v) is 10.1. The Morgan fingerprint density at radius 1 is 1.39 bits per heavy atom. The molecule has 1 fully saturated rings. The van der Waals surface area contributed by atoms with E-state index in [2.05, 4.69) is 31.7 Å². The number of fused-ring (bicyclic) bond motifs is 1. The summed E-state index contributed by atoms with van der Waals surface area (Å²) in [6.07, 6.45) is 9.62. The van der Waals surface area contributed by atoms with Crippen LogP contribution in [0, 0.1) is 0 Å². The van der Waals surface area contributed by atoms with Gasteiger partial charge in [-0.2, -0.15) is 9.61 Å². The van der Waals surface area contributed by atoms with Crippen molar-refractivity contribution in [1.82, 2.24) is 14.6 Å². The van der Waals surface area contributed by atoms with Crippen LogP contribution in [0.25, 0.3) is 5.65 Å². The number of rotatable bonds is 7. The number of nitrogens with zero attached hydrogens (tertiary/aromatic N) is 4. The van der Waals surface area contributed by atoms with Crippen LogP contribution in [0.15, 0.2) is 41.3 Å². The largest absolute Gasteiger partial charge is 0.394 e. The first kappa shape index (κ1) is 18.9. The maximum absolute atomic E-state index is 9.93. The summed E-state index contributed by atoms with van der Waals surface area (Å²) < 4.78 is 4.24. The van der Waals surface area contributed by atoms with E-state index < -0.39 is 0 Å². The molecule has 1 saturated carbocycles. The highest BCUT2D eigenvalue weighted by Crippen LogP contribution is 2.33. The summed E-state index contributed by atoms with van der Waals surface area (Å²) in [5.74, 6) is 1.55. The van der Waals surface area contributed by atoms with Gasteiger partial charge in [0.25, 0.3) is 0 Å². The molecule has 148 valence electrons. The number of pyridine rings is 1. The molecule has 0 aliphatic heterocycles. The molecule has 28 heavy (non-hydrogen) atoms. The van der Waals surface area contributed by atoms with E-state index in [4.69, 9.17) is 9.82 Å². The van der Waals surface area contributed by atoms with Crippen LogP contribution < -0.4 is 20.2 Å². The fourth-order valence-corrected chi connectivity index (χ4v) is 4.03. The van der Waals surface area contributed by atoms with Crippen LogP contribution in [-0.2, 0) is 6.54 Å². The standard InChI is InChI=1S/C19H24BrN6O2/c1-28-25-8-4-5-14(12-25)10-21-17-9-16(23-18-15(20)11-22-26(17)18)24-19(13-27)6-2-3-7-19/h4-5,8-9,11-12,21,27H,2-3,6-7,10,13H2,1H3,(H,23,24)/q+1. The van der Waals surface area contributed by atoms with E-state index in [-0.39, 0.29) is 12.1 Å². The van der Waals surface area contributed by atoms with Gasteiger partial charge in [0.15, 0.2) is 5.65 Å². The smallest absolute Gasteiger partial charge is 0.227 e. The Labute approximate surface area is 171 Å². The topological polar surface area (TPSA) is 87.6 Å². The molecular formula is C19H24BrN6O2+. The zero-order chi connectivity index (χ0) is 19.6. The van der Waals surface area contributed by atoms with E-state index in [0.29, 0.717) is 6.54 Å². The molecule has 3 aromatic rings. The second-order valence-electron chi connectivity index (χ2n) is 7.13. The molecule has 8 nitrogen and oxygen atoms in total. The Morgan fingerprint density at radius 3 is 2.96 bits per heavy atom. The van der Waals surface area contributed by atoms with Gasteiger partial charge in [0.1, 0.15) is 18.7 Å². The van der Waals surface area contributed by atoms with Crippen LogP contribution in [-0.4, -0.2) is 39.0 Å². The van der Waals surface area contributed by atoms with Gasteiger partial charge in [-0.15, -0.1) is 0 Å². The third kappa shape index (κ3) is 3.77. The van der Waals surface area contributed by atoms with Crippen molar-refractivity contribution in [2.24, 2.45) is 0 Å². The summed E-state index contributed by atoms with van der Waals surface area (Å²) in [7, 11) is 1.63. The molecule has 0 amide bonds. The van der Waals surface area contributed by atoms with Gasteiger partial charge in [-0.3, -0.25) is 4.84 Å². The Hall–Kier alpha value is -2.39. The summed E-state index contributed by atoms with van der Waals surface area (Å²) in [6.45, 7) is 0.704. The molecule has 3 heterocycles. The molecule has 4 rings (SSSR count). The van der Waals surface area contributed by atoms with Crippen molar-refractivity contribution in [3.8, 4) is 0 Å². The quantitative estimate of drug-likeness (QED) is 0.481. The summed E-state index contributed by atoms with van der Waals surface area (Å²) in [4.78, 5) is 9.92. The van der Waals surface area contributed by atoms with Crippen molar-refractivity contribution in [1.29, 1.82) is 0 Å². The Bertz CT molecular complexity index is 970. The molecule has 1 aliphatic rings. The van der Waals surface area contributed by atoms with Crippen LogP contribution >= 0.6 is 15.9 Å². The number of aliphatic hydroxyl groups is 1. The molecule has 0 spiro atoms. The van der Waals surface area contributed by atoms with E-state index in [1.54, 1.807) is 22.6 Å². The summed E-state index contributed by atoms with van der Waals surface area (Å²) in [5.41, 5.74) is 1.50. The molecule has 0 aromatic carbocycles. The van der Waals surface area contributed by atoms with Gasteiger partial charge >= 0.3 is 0 Å². The molecule has 1 aliphatic carbocycles. The van der Waals surface area contributed by atoms with E-state index in [1.165, 1.54) is 0 Å². The lowest BCUT2D eigenvalue weighted by atomic mass is 9.99. The summed E-state index contributed by atoms with van der Waals surface area (Å²) in [6, 6.07) is 5.90. The highest BCUT2D eigenvalue weighted by atomic mass is 79.9. The van der Waals surface area contributed by atoms with E-state index in [9.17, 15) is 5.11 Å². The highest BCUT2D eigenvalue weighted by Gasteiger charge is 2.33. The number of halogens is 1. The Kier molecular flexibility index (Phi) is 5.36. The normalized spacial score (nSPS) is 15.7. The van der Waals surface area contributed by atoms with Crippen LogP contribution in [0.3, 0.4) is 0 Å². The van der Waals surface area contributed by atoms with Crippen molar-refractivity contribution in [3.05, 3.63) is 46.8 Å². The number of hydrogen-bond donors (Lipinski definition) is 3. The SMILES string of the molecule is CO[n+]1cccc(CNc2cc(NC3(CO)CCCC3)nc3c(Br)cnn23)c1. The van der Waals surface area contributed by atoms with Crippen molar-refractivity contribution < 1.29 is 14.7 Å². The molecular weight excluding hydrogens is 424 g/mol. The lowest BCUT2D eigenvalue weighted by Crippen LogP contribution is -2.40. The van der Waals surface area contributed by atoms with Crippen LogP contribution in [0.1, 0.15) is 31.2 Å². The predicted octanol–water partition coefficient (Wildman–Crippen LogP) is 2.17. The van der Waals surface area contributed by atoms with Gasteiger partial charge in [-0.05, 0) is 34.8 Å². The van der Waals surface area contributed by atoms with Crippen LogP contribution in [0.5, 0.6) is 0 Å². The number of aromatic nitrogens is 4. The fourth-order valence-electron chi connectivity index (χ4n) is 3.68. The van der Waals surface area contributed by atoms with E-state index in [0.717, 1.165) is 53.0 Å². The van der Waals surface area contributed by atoms with Crippen LogP contribution in [0.2, 0.25) is 0 Å². The third-order valence-corrected chi connectivity index (χ3v) is 5.77. The number of anilines is 2. The van der Waals surface area contributed by atoms with Crippen molar-refractivity contribution in [2.75, 3.05) is 24.4 Å². The average Bonchev–Trinajstić information content (AvgIpc) is 3.34.